The smallest absolute Gasteiger partial charge is 0.0351 e. The molecule has 0 unspecified atom stereocenters. The number of rotatable bonds is 17. The van der Waals surface area contributed by atoms with E-state index in [9.17, 15) is 0 Å². The van der Waals surface area contributed by atoms with Gasteiger partial charge in [0.1, 0.15) is 0 Å². The van der Waals surface area contributed by atoms with E-state index in [4.69, 9.17) is 0 Å². The van der Waals surface area contributed by atoms with Crippen molar-refractivity contribution in [3.05, 3.63) is 26.0 Å². The Hall–Kier alpha value is -0.260. The zero-order chi connectivity index (χ0) is 15.4. The summed E-state index contributed by atoms with van der Waals surface area (Å²) in [7, 11) is 0. The van der Waals surface area contributed by atoms with Crippen LogP contribution < -0.4 is 0 Å². The molecule has 0 aromatic carbocycles. The second kappa shape index (κ2) is 19.7. The predicted octanol–water partition coefficient (Wildman–Crippen LogP) is 7.84. The fraction of sp³-hybridized carbons (Fsp3) is 0.810. The maximum atomic E-state index is 3.89. The molecule has 0 aromatic heterocycles. The van der Waals surface area contributed by atoms with E-state index in [1.54, 1.807) is 0 Å². The summed E-state index contributed by atoms with van der Waals surface area (Å²) < 4.78 is 0. The molecule has 0 aliphatic carbocycles. The van der Waals surface area contributed by atoms with Crippen molar-refractivity contribution < 1.29 is 0 Å². The van der Waals surface area contributed by atoms with E-state index in [2.05, 4.69) is 26.0 Å². The lowest BCUT2D eigenvalue weighted by Gasteiger charge is -2.01. The monoisotopic (exact) mass is 292 g/mol. The molecule has 0 N–H and O–H groups in total. The summed E-state index contributed by atoms with van der Waals surface area (Å²) in [5, 5.41) is 0. The molecule has 0 atom stereocenters. The maximum Gasteiger partial charge on any atom is -0.0351 e. The normalized spacial score (nSPS) is 11.5. The molecule has 0 spiro atoms. The molecular weight excluding hydrogens is 252 g/mol. The van der Waals surface area contributed by atoms with Gasteiger partial charge in [-0.3, -0.25) is 0 Å². The van der Waals surface area contributed by atoms with Crippen molar-refractivity contribution in [3.8, 4) is 0 Å². The fourth-order valence-corrected chi connectivity index (χ4v) is 2.70. The largest absolute Gasteiger partial charge is 0.0885 e. The van der Waals surface area contributed by atoms with Crippen LogP contribution in [-0.4, -0.2) is 0 Å². The lowest BCUT2D eigenvalue weighted by Crippen LogP contribution is -1.82. The Morgan fingerprint density at radius 1 is 0.381 bits per heavy atom. The zero-order valence-corrected chi connectivity index (χ0v) is 14.6. The molecule has 0 rings (SSSR count). The zero-order valence-electron chi connectivity index (χ0n) is 14.6. The third-order valence-corrected chi connectivity index (χ3v) is 4.16. The van der Waals surface area contributed by atoms with E-state index < -0.39 is 0 Å². The third kappa shape index (κ3) is 19.7. The van der Waals surface area contributed by atoms with Crippen molar-refractivity contribution in [2.75, 3.05) is 0 Å². The first kappa shape index (κ1) is 20.7. The van der Waals surface area contributed by atoms with E-state index in [1.807, 2.05) is 0 Å². The number of hydrogen-bond donors (Lipinski definition) is 0. The van der Waals surface area contributed by atoms with Crippen LogP contribution in [0.15, 0.2) is 12.2 Å². The second-order valence-electron chi connectivity index (χ2n) is 6.35. The van der Waals surface area contributed by atoms with Gasteiger partial charge in [0.15, 0.2) is 0 Å². The highest BCUT2D eigenvalue weighted by atomic mass is 14.0. The number of hydrogen-bond acceptors (Lipinski definition) is 0. The molecule has 0 fully saturated rings. The van der Waals surface area contributed by atoms with Crippen molar-refractivity contribution in [2.24, 2.45) is 0 Å². The highest BCUT2D eigenvalue weighted by Crippen LogP contribution is 2.12. The van der Waals surface area contributed by atoms with E-state index in [1.165, 1.54) is 96.3 Å². The van der Waals surface area contributed by atoms with Crippen LogP contribution in [0.25, 0.3) is 0 Å². The number of allylic oxidation sites excluding steroid dienone is 2. The van der Waals surface area contributed by atoms with Crippen LogP contribution in [0.2, 0.25) is 0 Å². The summed E-state index contributed by atoms with van der Waals surface area (Å²) in [6.07, 6.45) is 27.7. The van der Waals surface area contributed by atoms with E-state index in [0.717, 1.165) is 12.8 Å². The highest BCUT2D eigenvalue weighted by molar-refractivity contribution is 4.81. The van der Waals surface area contributed by atoms with Gasteiger partial charge >= 0.3 is 0 Å². The summed E-state index contributed by atoms with van der Waals surface area (Å²) in [5.41, 5.74) is 0. The lowest BCUT2D eigenvalue weighted by molar-refractivity contribution is 0.553. The SMILES string of the molecule is [CH2]CCCCCC=CCCCCCCCCCCCC[CH2]. The molecular formula is C21H40. The van der Waals surface area contributed by atoms with Gasteiger partial charge in [-0.25, -0.2) is 0 Å². The summed E-state index contributed by atoms with van der Waals surface area (Å²) in [6.45, 7) is 7.77. The average molecular weight is 293 g/mol. The van der Waals surface area contributed by atoms with Crippen molar-refractivity contribution in [2.45, 2.75) is 109 Å². The first-order chi connectivity index (χ1) is 10.4. The molecule has 0 heterocycles. The Kier molecular flexibility index (Phi) is 19.5. The maximum absolute atomic E-state index is 3.89. The van der Waals surface area contributed by atoms with Gasteiger partial charge in [0.25, 0.3) is 0 Å². The van der Waals surface area contributed by atoms with E-state index in [0.29, 0.717) is 0 Å². The molecule has 0 aliphatic rings. The molecule has 0 aliphatic heterocycles. The second-order valence-corrected chi connectivity index (χ2v) is 6.35. The molecule has 2 radical (unpaired) electrons. The Morgan fingerprint density at radius 3 is 1.05 bits per heavy atom. The van der Waals surface area contributed by atoms with Gasteiger partial charge in [0.05, 0.1) is 0 Å². The van der Waals surface area contributed by atoms with E-state index in [-0.39, 0.29) is 0 Å². The van der Waals surface area contributed by atoms with Crippen LogP contribution in [0.5, 0.6) is 0 Å². The molecule has 21 heavy (non-hydrogen) atoms. The molecule has 0 saturated heterocycles. The topological polar surface area (TPSA) is 0 Å². The van der Waals surface area contributed by atoms with Gasteiger partial charge in [-0.05, 0) is 25.7 Å². The summed E-state index contributed by atoms with van der Waals surface area (Å²) in [4.78, 5) is 0. The lowest BCUT2D eigenvalue weighted by atomic mass is 10.1. The molecule has 0 bridgehead atoms. The molecule has 0 nitrogen and oxygen atoms in total. The van der Waals surface area contributed by atoms with Crippen molar-refractivity contribution in [1.29, 1.82) is 0 Å². The van der Waals surface area contributed by atoms with Crippen molar-refractivity contribution in [3.63, 3.8) is 0 Å². The minimum absolute atomic E-state index is 1.10. The first-order valence-electron chi connectivity index (χ1n) is 9.65. The molecule has 0 saturated carbocycles. The van der Waals surface area contributed by atoms with Crippen molar-refractivity contribution in [1.82, 2.24) is 0 Å². The van der Waals surface area contributed by atoms with Crippen LogP contribution in [-0.2, 0) is 0 Å². The minimum atomic E-state index is 1.10. The average Bonchev–Trinajstić information content (AvgIpc) is 2.50. The number of unbranched alkanes of at least 4 members (excludes halogenated alkanes) is 15. The van der Waals surface area contributed by atoms with Gasteiger partial charge in [0, 0.05) is 0 Å². The quantitative estimate of drug-likeness (QED) is 0.189. The van der Waals surface area contributed by atoms with Crippen LogP contribution in [0.3, 0.4) is 0 Å². The van der Waals surface area contributed by atoms with Crippen LogP contribution in [0.4, 0.5) is 0 Å². The highest BCUT2D eigenvalue weighted by Gasteiger charge is 1.92. The predicted molar refractivity (Wildman–Crippen MR) is 98.3 cm³/mol. The Morgan fingerprint density at radius 2 is 0.667 bits per heavy atom. The van der Waals surface area contributed by atoms with Gasteiger partial charge in [0.2, 0.25) is 0 Å². The third-order valence-electron chi connectivity index (χ3n) is 4.16. The van der Waals surface area contributed by atoms with Crippen LogP contribution in [0, 0.1) is 13.8 Å². The molecule has 124 valence electrons. The molecule has 0 amide bonds. The molecule has 0 heteroatoms. The Bertz CT molecular complexity index is 192. The minimum Gasteiger partial charge on any atom is -0.0885 e. The summed E-state index contributed by atoms with van der Waals surface area (Å²) in [5.74, 6) is 0. The Balaban J connectivity index is 3.00. The first-order valence-corrected chi connectivity index (χ1v) is 9.65. The summed E-state index contributed by atoms with van der Waals surface area (Å²) >= 11 is 0. The van der Waals surface area contributed by atoms with E-state index >= 15 is 0 Å². The van der Waals surface area contributed by atoms with Gasteiger partial charge in [-0.2, -0.15) is 0 Å². The van der Waals surface area contributed by atoms with Gasteiger partial charge < -0.3 is 0 Å². The molecule has 0 aromatic rings. The van der Waals surface area contributed by atoms with Gasteiger partial charge in [-0.1, -0.05) is 109 Å². The van der Waals surface area contributed by atoms with Gasteiger partial charge in [-0.15, -0.1) is 0 Å². The standard InChI is InChI=1S/C21H40/c1-3-5-7-9-11-13-15-17-19-21-20-18-16-14-12-10-8-6-4-2/h13,15H,1-12,14,16-21H2. The fourth-order valence-electron chi connectivity index (χ4n) is 2.70. The van der Waals surface area contributed by atoms with Crippen molar-refractivity contribution >= 4 is 0 Å². The van der Waals surface area contributed by atoms with Crippen LogP contribution >= 0.6 is 0 Å². The van der Waals surface area contributed by atoms with Crippen LogP contribution in [0.1, 0.15) is 109 Å². The summed E-state index contributed by atoms with van der Waals surface area (Å²) in [6, 6.07) is 0. The Labute approximate surface area is 135 Å².